The normalized spacial score (nSPS) is 11.1. The zero-order valence-electron chi connectivity index (χ0n) is 8.70. The van der Waals surface area contributed by atoms with Crippen LogP contribution in [0.25, 0.3) is 11.0 Å². The van der Waals surface area contributed by atoms with Crippen molar-refractivity contribution in [2.24, 2.45) is 0 Å². The van der Waals surface area contributed by atoms with Crippen LogP contribution in [0.4, 0.5) is 0 Å². The summed E-state index contributed by atoms with van der Waals surface area (Å²) in [4.78, 5) is 0. The zero-order valence-corrected chi connectivity index (χ0v) is 8.70. The van der Waals surface area contributed by atoms with Gasteiger partial charge in [0, 0.05) is 10.9 Å². The van der Waals surface area contributed by atoms with Gasteiger partial charge >= 0.3 is 0 Å². The Morgan fingerprint density at radius 3 is 2.71 bits per heavy atom. The zero-order chi connectivity index (χ0) is 10.1. The predicted octanol–water partition coefficient (Wildman–Crippen LogP) is 3.56. The molecule has 2 nitrogen and oxygen atoms in total. The van der Waals surface area contributed by atoms with E-state index in [2.05, 4.69) is 19.9 Å². The maximum absolute atomic E-state index is 5.51. The predicted molar refractivity (Wildman–Crippen MR) is 56.9 cm³/mol. The van der Waals surface area contributed by atoms with Crippen molar-refractivity contribution in [1.82, 2.24) is 0 Å². The lowest BCUT2D eigenvalue weighted by Gasteiger charge is -2.02. The van der Waals surface area contributed by atoms with Crippen LogP contribution >= 0.6 is 0 Å². The van der Waals surface area contributed by atoms with Gasteiger partial charge in [-0.25, -0.2) is 0 Å². The Morgan fingerprint density at radius 2 is 2.07 bits per heavy atom. The van der Waals surface area contributed by atoms with Crippen molar-refractivity contribution in [2.75, 3.05) is 7.11 Å². The first-order valence-electron chi connectivity index (χ1n) is 4.78. The SMILES string of the molecule is COc1cccc2c(C(C)C)coc12. The lowest BCUT2D eigenvalue weighted by atomic mass is 10.0. The van der Waals surface area contributed by atoms with Crippen LogP contribution in [0, 0.1) is 0 Å². The second-order valence-corrected chi connectivity index (χ2v) is 3.68. The Bertz CT molecular complexity index is 441. The van der Waals surface area contributed by atoms with Gasteiger partial charge in [0.15, 0.2) is 11.3 Å². The van der Waals surface area contributed by atoms with E-state index >= 15 is 0 Å². The van der Waals surface area contributed by atoms with Crippen LogP contribution in [-0.4, -0.2) is 7.11 Å². The molecule has 74 valence electrons. The number of rotatable bonds is 2. The highest BCUT2D eigenvalue weighted by Gasteiger charge is 2.11. The maximum Gasteiger partial charge on any atom is 0.175 e. The van der Waals surface area contributed by atoms with Gasteiger partial charge in [0.2, 0.25) is 0 Å². The average Bonchev–Trinajstić information content (AvgIpc) is 2.60. The van der Waals surface area contributed by atoms with E-state index in [1.165, 1.54) is 5.56 Å². The summed E-state index contributed by atoms with van der Waals surface area (Å²) in [6.45, 7) is 4.31. The molecule has 0 N–H and O–H groups in total. The molecule has 2 aromatic rings. The highest BCUT2D eigenvalue weighted by Crippen LogP contribution is 2.32. The van der Waals surface area contributed by atoms with Crippen LogP contribution in [-0.2, 0) is 0 Å². The molecule has 1 aromatic carbocycles. The average molecular weight is 190 g/mol. The van der Waals surface area contributed by atoms with Crippen molar-refractivity contribution in [2.45, 2.75) is 19.8 Å². The van der Waals surface area contributed by atoms with E-state index in [0.29, 0.717) is 5.92 Å². The summed E-state index contributed by atoms with van der Waals surface area (Å²) in [5.74, 6) is 1.28. The van der Waals surface area contributed by atoms with Gasteiger partial charge in [0.25, 0.3) is 0 Å². The van der Waals surface area contributed by atoms with Crippen molar-refractivity contribution >= 4 is 11.0 Å². The molecule has 0 aliphatic heterocycles. The summed E-state index contributed by atoms with van der Waals surface area (Å²) in [6, 6.07) is 5.97. The van der Waals surface area contributed by atoms with Gasteiger partial charge in [0.1, 0.15) is 0 Å². The van der Waals surface area contributed by atoms with E-state index in [0.717, 1.165) is 16.7 Å². The smallest absolute Gasteiger partial charge is 0.175 e. The molecular weight excluding hydrogens is 176 g/mol. The van der Waals surface area contributed by atoms with Gasteiger partial charge in [-0.15, -0.1) is 0 Å². The molecule has 0 bridgehead atoms. The number of fused-ring (bicyclic) bond motifs is 1. The molecule has 1 heterocycles. The van der Waals surface area contributed by atoms with Gasteiger partial charge in [-0.3, -0.25) is 0 Å². The van der Waals surface area contributed by atoms with Crippen LogP contribution in [0.3, 0.4) is 0 Å². The molecule has 0 fully saturated rings. The molecule has 2 rings (SSSR count). The topological polar surface area (TPSA) is 22.4 Å². The number of para-hydroxylation sites is 1. The Hall–Kier alpha value is -1.44. The third-order valence-electron chi connectivity index (χ3n) is 2.44. The molecule has 0 spiro atoms. The molecule has 0 unspecified atom stereocenters. The lowest BCUT2D eigenvalue weighted by Crippen LogP contribution is -1.85. The van der Waals surface area contributed by atoms with Crippen LogP contribution in [0.1, 0.15) is 25.3 Å². The number of furan rings is 1. The second kappa shape index (κ2) is 3.37. The van der Waals surface area contributed by atoms with E-state index in [9.17, 15) is 0 Å². The summed E-state index contributed by atoms with van der Waals surface area (Å²) < 4.78 is 10.7. The van der Waals surface area contributed by atoms with Crippen molar-refractivity contribution in [3.63, 3.8) is 0 Å². The number of ether oxygens (including phenoxy) is 1. The minimum Gasteiger partial charge on any atom is -0.493 e. The van der Waals surface area contributed by atoms with Crippen molar-refractivity contribution in [1.29, 1.82) is 0 Å². The van der Waals surface area contributed by atoms with Gasteiger partial charge in [-0.05, 0) is 12.0 Å². The molecule has 2 heteroatoms. The molecule has 0 radical (unpaired) electrons. The van der Waals surface area contributed by atoms with Gasteiger partial charge < -0.3 is 9.15 Å². The number of hydrogen-bond acceptors (Lipinski definition) is 2. The Kier molecular flexibility index (Phi) is 2.20. The lowest BCUT2D eigenvalue weighted by molar-refractivity contribution is 0.410. The van der Waals surface area contributed by atoms with Gasteiger partial charge in [0.05, 0.1) is 13.4 Å². The number of benzene rings is 1. The second-order valence-electron chi connectivity index (χ2n) is 3.68. The fourth-order valence-electron chi connectivity index (χ4n) is 1.66. The molecule has 0 saturated carbocycles. The standard InChI is InChI=1S/C12H14O2/c1-8(2)10-7-14-12-9(10)5-4-6-11(12)13-3/h4-8H,1-3H3. The number of hydrogen-bond donors (Lipinski definition) is 0. The molecule has 1 aromatic heterocycles. The Labute approximate surface area is 83.5 Å². The molecular formula is C12H14O2. The fourth-order valence-corrected chi connectivity index (χ4v) is 1.66. The first-order valence-corrected chi connectivity index (χ1v) is 4.78. The maximum atomic E-state index is 5.51. The summed E-state index contributed by atoms with van der Waals surface area (Å²) in [7, 11) is 1.66. The third-order valence-corrected chi connectivity index (χ3v) is 2.44. The Balaban J connectivity index is 2.69. The van der Waals surface area contributed by atoms with Crippen LogP contribution < -0.4 is 4.74 Å². The Morgan fingerprint density at radius 1 is 1.29 bits per heavy atom. The first kappa shape index (κ1) is 9.13. The van der Waals surface area contributed by atoms with Crippen LogP contribution in [0.2, 0.25) is 0 Å². The summed E-state index contributed by atoms with van der Waals surface area (Å²) >= 11 is 0. The van der Waals surface area contributed by atoms with Crippen LogP contribution in [0.15, 0.2) is 28.9 Å². The highest BCUT2D eigenvalue weighted by molar-refractivity contribution is 5.86. The summed E-state index contributed by atoms with van der Waals surface area (Å²) in [6.07, 6.45) is 1.82. The molecule has 14 heavy (non-hydrogen) atoms. The molecule has 0 aliphatic carbocycles. The molecule has 0 amide bonds. The molecule has 0 saturated heterocycles. The van der Waals surface area contributed by atoms with E-state index in [1.54, 1.807) is 7.11 Å². The van der Waals surface area contributed by atoms with Gasteiger partial charge in [-0.1, -0.05) is 26.0 Å². The molecule has 0 aliphatic rings. The van der Waals surface area contributed by atoms with E-state index in [4.69, 9.17) is 9.15 Å². The van der Waals surface area contributed by atoms with Crippen molar-refractivity contribution < 1.29 is 9.15 Å². The third kappa shape index (κ3) is 1.27. The van der Waals surface area contributed by atoms with Crippen molar-refractivity contribution in [3.05, 3.63) is 30.0 Å². The minimum absolute atomic E-state index is 0.475. The van der Waals surface area contributed by atoms with Crippen LogP contribution in [0.5, 0.6) is 5.75 Å². The fraction of sp³-hybridized carbons (Fsp3) is 0.333. The van der Waals surface area contributed by atoms with E-state index < -0.39 is 0 Å². The van der Waals surface area contributed by atoms with Crippen molar-refractivity contribution in [3.8, 4) is 5.75 Å². The minimum atomic E-state index is 0.475. The number of methoxy groups -OCH3 is 1. The van der Waals surface area contributed by atoms with E-state index in [-0.39, 0.29) is 0 Å². The first-order chi connectivity index (χ1) is 6.74. The highest BCUT2D eigenvalue weighted by atomic mass is 16.5. The van der Waals surface area contributed by atoms with E-state index in [1.807, 2.05) is 18.4 Å². The summed E-state index contributed by atoms with van der Waals surface area (Å²) in [5, 5.41) is 1.15. The molecule has 0 atom stereocenters. The monoisotopic (exact) mass is 190 g/mol. The summed E-state index contributed by atoms with van der Waals surface area (Å²) in [5.41, 5.74) is 2.08. The van der Waals surface area contributed by atoms with Gasteiger partial charge in [-0.2, -0.15) is 0 Å². The quantitative estimate of drug-likeness (QED) is 0.722. The largest absolute Gasteiger partial charge is 0.493 e.